The molecular formula is C45H62N10O4. The molecule has 59 heavy (non-hydrogen) atoms. The van der Waals surface area contributed by atoms with Gasteiger partial charge in [0.1, 0.15) is 23.3 Å². The summed E-state index contributed by atoms with van der Waals surface area (Å²) in [5.74, 6) is 2.38. The van der Waals surface area contributed by atoms with Gasteiger partial charge in [-0.25, -0.2) is 0 Å². The van der Waals surface area contributed by atoms with E-state index >= 15 is 0 Å². The van der Waals surface area contributed by atoms with Crippen LogP contribution >= 0.6 is 0 Å². The zero-order chi connectivity index (χ0) is 40.6. The molecule has 4 aliphatic rings. The first-order chi connectivity index (χ1) is 28.2. The Morgan fingerprint density at radius 3 is 1.73 bits per heavy atom. The third-order valence-corrected chi connectivity index (χ3v) is 11.2. The molecule has 8 rings (SSSR count). The van der Waals surface area contributed by atoms with Gasteiger partial charge in [-0.3, -0.25) is 14.5 Å². The second-order valence-electron chi connectivity index (χ2n) is 15.7. The molecule has 0 bridgehead atoms. The van der Waals surface area contributed by atoms with Gasteiger partial charge in [0.15, 0.2) is 11.6 Å². The number of carbonyl (C=O) groups excluding carboxylic acids is 2. The summed E-state index contributed by atoms with van der Waals surface area (Å²) in [5.41, 5.74) is 21.6. The lowest BCUT2D eigenvalue weighted by Gasteiger charge is -2.31. The zero-order valence-corrected chi connectivity index (χ0v) is 34.3. The second kappa shape index (κ2) is 20.1. The molecule has 4 aliphatic heterocycles. The number of aromatic nitrogens is 4. The summed E-state index contributed by atoms with van der Waals surface area (Å²) in [6, 6.07) is 13.8. The molecule has 0 amide bonds. The third kappa shape index (κ3) is 10.6. The highest BCUT2D eigenvalue weighted by molar-refractivity contribution is 5.92. The Labute approximate surface area is 349 Å². The van der Waals surface area contributed by atoms with Crippen molar-refractivity contribution in [3.8, 4) is 12.0 Å². The number of hydrogen-bond acceptors (Lipinski definition) is 14. The molecule has 0 aliphatic carbocycles. The molecule has 0 fully saturated rings. The van der Waals surface area contributed by atoms with E-state index in [1.165, 1.54) is 27.8 Å². The predicted molar refractivity (Wildman–Crippen MR) is 233 cm³/mol. The number of Topliss-reactive ketones (excluding diaryl/α,β-unsaturated/α-hetero) is 2. The van der Waals surface area contributed by atoms with Crippen molar-refractivity contribution in [2.45, 2.75) is 106 Å². The van der Waals surface area contributed by atoms with Crippen molar-refractivity contribution in [1.29, 1.82) is 0 Å². The fraction of sp³-hybridized carbons (Fsp3) is 0.511. The van der Waals surface area contributed by atoms with Crippen LogP contribution in [0.2, 0.25) is 0 Å². The Morgan fingerprint density at radius 1 is 0.678 bits per heavy atom. The van der Waals surface area contributed by atoms with Crippen LogP contribution in [0, 0.1) is 0 Å². The summed E-state index contributed by atoms with van der Waals surface area (Å²) < 4.78 is 11.4. The van der Waals surface area contributed by atoms with Gasteiger partial charge in [0, 0.05) is 56.7 Å². The van der Waals surface area contributed by atoms with Crippen LogP contribution in [0.5, 0.6) is 12.0 Å². The van der Waals surface area contributed by atoms with Crippen molar-refractivity contribution in [3.63, 3.8) is 0 Å². The van der Waals surface area contributed by atoms with Crippen molar-refractivity contribution in [3.05, 3.63) is 80.9 Å². The smallest absolute Gasteiger partial charge is 0.320 e. The van der Waals surface area contributed by atoms with Crippen molar-refractivity contribution in [1.82, 2.24) is 30.2 Å². The van der Waals surface area contributed by atoms with Gasteiger partial charge in [0.05, 0.1) is 26.3 Å². The topological polar surface area (TPSA) is 178 Å². The lowest BCUT2D eigenvalue weighted by atomic mass is 9.96. The van der Waals surface area contributed by atoms with E-state index in [0.29, 0.717) is 74.2 Å². The minimum atomic E-state index is 0. The van der Waals surface area contributed by atoms with E-state index in [4.69, 9.17) is 20.9 Å². The number of carbonyl (C=O) groups is 2. The van der Waals surface area contributed by atoms with E-state index < -0.39 is 0 Å². The van der Waals surface area contributed by atoms with E-state index in [1.54, 1.807) is 0 Å². The average Bonchev–Trinajstić information content (AvgIpc) is 3.22. The molecule has 2 aromatic heterocycles. The number of nitrogen functional groups attached to an aromatic ring is 2. The zero-order valence-electron chi connectivity index (χ0n) is 34.3. The lowest BCUT2D eigenvalue weighted by molar-refractivity contribution is -0.118. The number of nitrogens with zero attached hydrogens (tertiary/aromatic N) is 7. The lowest BCUT2D eigenvalue weighted by Crippen LogP contribution is -2.37. The summed E-state index contributed by atoms with van der Waals surface area (Å²) in [4.78, 5) is 48.9. The number of benzene rings is 2. The highest BCUT2D eigenvalue weighted by Gasteiger charge is 2.30. The van der Waals surface area contributed by atoms with Crippen molar-refractivity contribution < 1.29 is 19.1 Å². The Morgan fingerprint density at radius 2 is 1.20 bits per heavy atom. The van der Waals surface area contributed by atoms with E-state index in [-0.39, 0.29) is 31.8 Å². The quantitative estimate of drug-likeness (QED) is 0.146. The number of ether oxygens (including phenoxy) is 2. The van der Waals surface area contributed by atoms with Gasteiger partial charge >= 0.3 is 12.0 Å². The van der Waals surface area contributed by atoms with Crippen LogP contribution in [0.25, 0.3) is 0 Å². The first kappa shape index (κ1) is 43.2. The molecule has 0 saturated carbocycles. The summed E-state index contributed by atoms with van der Waals surface area (Å²) in [6.45, 7) is 14.5. The normalized spacial score (nSPS) is 15.8. The maximum atomic E-state index is 12.4. The molecule has 5 N–H and O–H groups in total. The molecule has 0 unspecified atom stereocenters. The number of nitrogens with two attached hydrogens (primary N) is 2. The maximum absolute atomic E-state index is 12.4. The van der Waals surface area contributed by atoms with E-state index in [0.717, 1.165) is 88.4 Å². The number of hydrogen-bond donors (Lipinski definition) is 3. The number of anilines is 4. The Kier molecular flexibility index (Phi) is 14.7. The van der Waals surface area contributed by atoms with Gasteiger partial charge < -0.3 is 36.1 Å². The highest BCUT2D eigenvalue weighted by Crippen LogP contribution is 2.33. The molecule has 6 heterocycles. The summed E-state index contributed by atoms with van der Waals surface area (Å²) in [6.07, 6.45) is 6.66. The SMILES string of the molecule is C.CCCCOc1nc(N)c2c(n1)N(Cc1ccc3c(c1)CN(CC)CC3)CC(=O)C2.CCCCOc1nc(N)c2c(n1)N(Cc1ccc3c(c1)CNCC3)CC(=O)C2. The van der Waals surface area contributed by atoms with Crippen molar-refractivity contribution >= 4 is 34.8 Å². The highest BCUT2D eigenvalue weighted by atomic mass is 16.5. The summed E-state index contributed by atoms with van der Waals surface area (Å²) in [7, 11) is 0. The number of rotatable bonds is 13. The maximum Gasteiger partial charge on any atom is 0.320 e. The molecule has 0 spiro atoms. The fourth-order valence-electron chi connectivity index (χ4n) is 8.00. The van der Waals surface area contributed by atoms with Crippen LogP contribution in [-0.2, 0) is 61.5 Å². The van der Waals surface area contributed by atoms with Gasteiger partial charge in [0.2, 0.25) is 0 Å². The van der Waals surface area contributed by atoms with Crippen molar-refractivity contribution in [2.24, 2.45) is 0 Å². The van der Waals surface area contributed by atoms with Crippen LogP contribution in [-0.4, -0.2) is 82.3 Å². The number of ketones is 2. The molecular weight excluding hydrogens is 745 g/mol. The van der Waals surface area contributed by atoms with Crippen LogP contribution in [0.4, 0.5) is 23.3 Å². The fourth-order valence-corrected chi connectivity index (χ4v) is 8.00. The van der Waals surface area contributed by atoms with Gasteiger partial charge in [-0.05, 0) is 72.2 Å². The largest absolute Gasteiger partial charge is 0.463 e. The molecule has 0 radical (unpaired) electrons. The first-order valence-corrected chi connectivity index (χ1v) is 21.0. The number of fused-ring (bicyclic) bond motifs is 4. The summed E-state index contributed by atoms with van der Waals surface area (Å²) in [5, 5.41) is 3.41. The number of unbranched alkanes of at least 4 members (excludes halogenated alkanes) is 2. The molecule has 0 atom stereocenters. The molecule has 316 valence electrons. The minimum absolute atomic E-state index is 0. The molecule has 14 heteroatoms. The van der Waals surface area contributed by atoms with Crippen LogP contribution < -0.4 is 36.1 Å². The Balaban J connectivity index is 0.000000195. The van der Waals surface area contributed by atoms with Crippen LogP contribution in [0.3, 0.4) is 0 Å². The third-order valence-electron chi connectivity index (χ3n) is 11.2. The van der Waals surface area contributed by atoms with Crippen LogP contribution in [0.15, 0.2) is 36.4 Å². The average molecular weight is 807 g/mol. The van der Waals surface area contributed by atoms with E-state index in [9.17, 15) is 9.59 Å². The predicted octanol–water partition coefficient (Wildman–Crippen LogP) is 5.40. The molecule has 14 nitrogen and oxygen atoms in total. The molecule has 0 saturated heterocycles. The Bertz CT molecular complexity index is 2110. The van der Waals surface area contributed by atoms with Gasteiger partial charge in [-0.1, -0.05) is 77.4 Å². The monoisotopic (exact) mass is 806 g/mol. The standard InChI is InChI=1S/C23H31N5O2.C21H27N5O2.CH4/c1-3-5-10-30-23-25-21(24)20-12-19(29)15-28(22(20)26-23)13-16-6-7-17-8-9-27(4-2)14-18(17)11-16;1-2-3-8-28-21-24-19(22)18-10-17(27)13-26(20(18)25-21)12-14-4-5-15-6-7-23-11-16(15)9-14;/h6-7,11H,3-5,8-10,12-15H2,1-2H3,(H2,24,25,26);4-5,9,23H,2-3,6-8,10-13H2,1H3,(H2,22,24,25);1H4. The minimum Gasteiger partial charge on any atom is -0.463 e. The molecule has 4 aromatic rings. The van der Waals surface area contributed by atoms with E-state index in [1.807, 2.05) is 9.80 Å². The first-order valence-electron chi connectivity index (χ1n) is 21.0. The molecule has 2 aromatic carbocycles. The Hall–Kier alpha value is -5.34. The van der Waals surface area contributed by atoms with Gasteiger partial charge in [-0.15, -0.1) is 0 Å². The van der Waals surface area contributed by atoms with Gasteiger partial charge in [-0.2, -0.15) is 19.9 Å². The second-order valence-corrected chi connectivity index (χ2v) is 15.7. The van der Waals surface area contributed by atoms with Crippen molar-refractivity contribution in [2.75, 3.05) is 67.2 Å². The van der Waals surface area contributed by atoms with Crippen LogP contribution in [0.1, 0.15) is 98.4 Å². The van der Waals surface area contributed by atoms with E-state index in [2.05, 4.69) is 87.3 Å². The summed E-state index contributed by atoms with van der Waals surface area (Å²) >= 11 is 0. The number of likely N-dealkylation sites (N-methyl/N-ethyl adjacent to an activating group) is 1. The number of nitrogens with one attached hydrogen (secondary N) is 1. The van der Waals surface area contributed by atoms with Gasteiger partial charge in [0.25, 0.3) is 0 Å².